The number of phenolic OH excluding ortho intramolecular Hbond substituents is 1. The molecule has 1 atom stereocenters. The Labute approximate surface area is 196 Å². The smallest absolute Gasteiger partial charge is 0.419 e. The summed E-state index contributed by atoms with van der Waals surface area (Å²) in [6.45, 7) is 3.19. The van der Waals surface area contributed by atoms with E-state index in [1.165, 1.54) is 6.20 Å². The predicted octanol–water partition coefficient (Wildman–Crippen LogP) is 5.31. The third kappa shape index (κ3) is 4.05. The van der Waals surface area contributed by atoms with Gasteiger partial charge in [-0.3, -0.25) is 0 Å². The van der Waals surface area contributed by atoms with Crippen molar-refractivity contribution in [3.05, 3.63) is 77.1 Å². The van der Waals surface area contributed by atoms with Gasteiger partial charge < -0.3 is 14.7 Å². The summed E-state index contributed by atoms with van der Waals surface area (Å²) in [5.74, 6) is -4.75. The van der Waals surface area contributed by atoms with Crippen molar-refractivity contribution in [2.24, 2.45) is 0 Å². The maximum atomic E-state index is 14.7. The minimum atomic E-state index is -5.14. The first-order chi connectivity index (χ1) is 16.6. The molecule has 2 aromatic heterocycles. The number of hydrogen-bond donors (Lipinski definition) is 1. The predicted molar refractivity (Wildman–Crippen MR) is 118 cm³/mol. The van der Waals surface area contributed by atoms with E-state index in [4.69, 9.17) is 4.74 Å². The monoisotopic (exact) mass is 490 g/mol. The Kier molecular flexibility index (Phi) is 5.59. The largest absolute Gasteiger partial charge is 0.503 e. The van der Waals surface area contributed by atoms with Crippen LogP contribution in [0.15, 0.2) is 48.7 Å². The summed E-state index contributed by atoms with van der Waals surface area (Å²) in [5.41, 5.74) is -0.906. The van der Waals surface area contributed by atoms with Crippen molar-refractivity contribution < 1.29 is 31.8 Å². The molecule has 0 bridgehead atoms. The van der Waals surface area contributed by atoms with Gasteiger partial charge in [0.2, 0.25) is 0 Å². The highest BCUT2D eigenvalue weighted by molar-refractivity contribution is 5.85. The van der Waals surface area contributed by atoms with Crippen LogP contribution >= 0.6 is 0 Å². The zero-order chi connectivity index (χ0) is 24.9. The van der Waals surface area contributed by atoms with Gasteiger partial charge >= 0.3 is 6.18 Å². The van der Waals surface area contributed by atoms with Crippen LogP contribution in [0.3, 0.4) is 0 Å². The molecule has 6 nitrogen and oxygen atoms in total. The number of anilines is 1. The van der Waals surface area contributed by atoms with Crippen molar-refractivity contribution in [2.75, 3.05) is 24.6 Å². The lowest BCUT2D eigenvalue weighted by molar-refractivity contribution is -0.140. The maximum absolute atomic E-state index is 14.7. The maximum Gasteiger partial charge on any atom is 0.419 e. The van der Waals surface area contributed by atoms with Crippen LogP contribution in [0.1, 0.15) is 22.9 Å². The molecule has 11 heteroatoms. The van der Waals surface area contributed by atoms with Crippen LogP contribution in [0.2, 0.25) is 0 Å². The van der Waals surface area contributed by atoms with E-state index in [1.807, 2.05) is 35.2 Å². The van der Waals surface area contributed by atoms with E-state index in [0.717, 1.165) is 10.2 Å². The number of hydrogen-bond acceptors (Lipinski definition) is 5. The lowest BCUT2D eigenvalue weighted by Gasteiger charge is -2.34. The van der Waals surface area contributed by atoms with Crippen molar-refractivity contribution in [1.82, 2.24) is 14.8 Å². The van der Waals surface area contributed by atoms with Crippen molar-refractivity contribution in [2.45, 2.75) is 19.2 Å². The molecule has 182 valence electrons. The van der Waals surface area contributed by atoms with Crippen LogP contribution in [0, 0.1) is 18.6 Å². The van der Waals surface area contributed by atoms with E-state index >= 15 is 0 Å². The second-order valence-electron chi connectivity index (χ2n) is 8.19. The van der Waals surface area contributed by atoms with Crippen LogP contribution in [-0.2, 0) is 10.9 Å². The number of alkyl halides is 3. The number of aryl methyl sites for hydroxylation is 1. The van der Waals surface area contributed by atoms with Gasteiger partial charge in [0.15, 0.2) is 17.4 Å². The standard InChI is InChI=1S/C24H19F5N4O2/c1-13-15-9-20(32-7-8-35-19(12-32)14-5-3-2-4-6-14)30-11-18(15)33(31-13)17-10-16(24(27,28)29)21(25)23(34)22(17)26/h2-6,9-11,19,34H,7-8,12H2,1H3/t19-/m1/s1. The number of pyridine rings is 1. The molecule has 1 fully saturated rings. The number of nitrogens with zero attached hydrogens (tertiary/aromatic N) is 4. The Morgan fingerprint density at radius 3 is 2.54 bits per heavy atom. The average Bonchev–Trinajstić information content (AvgIpc) is 3.18. The molecule has 5 rings (SSSR count). The van der Waals surface area contributed by atoms with Gasteiger partial charge in [-0.05, 0) is 24.6 Å². The van der Waals surface area contributed by atoms with E-state index in [9.17, 15) is 27.1 Å². The first-order valence-electron chi connectivity index (χ1n) is 10.7. The Morgan fingerprint density at radius 2 is 1.83 bits per heavy atom. The number of aromatic nitrogens is 3. The number of rotatable bonds is 3. The molecule has 2 aromatic carbocycles. The van der Waals surface area contributed by atoms with Crippen LogP contribution in [0.25, 0.3) is 16.6 Å². The van der Waals surface area contributed by atoms with E-state index in [1.54, 1.807) is 13.0 Å². The number of fused-ring (bicyclic) bond motifs is 1. The second kappa shape index (κ2) is 8.49. The first kappa shape index (κ1) is 23.0. The highest BCUT2D eigenvalue weighted by atomic mass is 19.4. The first-order valence-corrected chi connectivity index (χ1v) is 10.7. The summed E-state index contributed by atoms with van der Waals surface area (Å²) >= 11 is 0. The molecule has 1 aliphatic rings. The highest BCUT2D eigenvalue weighted by Crippen LogP contribution is 2.39. The van der Waals surface area contributed by atoms with E-state index in [0.29, 0.717) is 36.6 Å². The third-order valence-corrected chi connectivity index (χ3v) is 5.99. The molecule has 1 saturated heterocycles. The number of aromatic hydroxyl groups is 1. The summed E-state index contributed by atoms with van der Waals surface area (Å²) in [7, 11) is 0. The minimum Gasteiger partial charge on any atom is -0.503 e. The fraction of sp³-hybridized carbons (Fsp3) is 0.250. The van der Waals surface area contributed by atoms with Gasteiger partial charge in [0.05, 0.1) is 29.6 Å². The molecule has 0 unspecified atom stereocenters. The summed E-state index contributed by atoms with van der Waals surface area (Å²) in [5, 5.41) is 14.4. The van der Waals surface area contributed by atoms with Gasteiger partial charge in [-0.2, -0.15) is 18.3 Å². The van der Waals surface area contributed by atoms with E-state index in [-0.39, 0.29) is 17.7 Å². The van der Waals surface area contributed by atoms with Gasteiger partial charge in [-0.1, -0.05) is 30.3 Å². The Hall–Kier alpha value is -3.73. The number of ether oxygens (including phenoxy) is 1. The molecule has 1 aliphatic heterocycles. The SMILES string of the molecule is Cc1nn(-c2cc(C(F)(F)F)c(F)c(O)c2F)c2cnc(N3CCO[C@@H](c4ccccc4)C3)cc12. The lowest BCUT2D eigenvalue weighted by Crippen LogP contribution is -2.38. The van der Waals surface area contributed by atoms with Crippen molar-refractivity contribution in [1.29, 1.82) is 0 Å². The molecular formula is C24H19F5N4O2. The van der Waals surface area contributed by atoms with E-state index in [2.05, 4.69) is 10.1 Å². The summed E-state index contributed by atoms with van der Waals surface area (Å²) in [6, 6.07) is 11.7. The van der Waals surface area contributed by atoms with Crippen LogP contribution < -0.4 is 4.90 Å². The lowest BCUT2D eigenvalue weighted by atomic mass is 10.1. The number of phenols is 1. The highest BCUT2D eigenvalue weighted by Gasteiger charge is 2.38. The van der Waals surface area contributed by atoms with E-state index < -0.39 is 34.8 Å². The van der Waals surface area contributed by atoms with Crippen molar-refractivity contribution in [3.63, 3.8) is 0 Å². The third-order valence-electron chi connectivity index (χ3n) is 5.99. The van der Waals surface area contributed by atoms with Crippen LogP contribution in [-0.4, -0.2) is 39.6 Å². The van der Waals surface area contributed by atoms with Gasteiger partial charge in [-0.25, -0.2) is 18.4 Å². The number of benzene rings is 2. The Bertz CT molecular complexity index is 1410. The topological polar surface area (TPSA) is 63.4 Å². The van der Waals surface area contributed by atoms with Gasteiger partial charge in [-0.15, -0.1) is 0 Å². The molecule has 0 saturated carbocycles. The Morgan fingerprint density at radius 1 is 1.09 bits per heavy atom. The molecule has 0 spiro atoms. The molecule has 4 aromatic rings. The molecule has 35 heavy (non-hydrogen) atoms. The Balaban J connectivity index is 1.54. The van der Waals surface area contributed by atoms with Crippen molar-refractivity contribution in [3.8, 4) is 11.4 Å². The zero-order valence-electron chi connectivity index (χ0n) is 18.4. The van der Waals surface area contributed by atoms with Gasteiger partial charge in [0.25, 0.3) is 0 Å². The molecule has 0 radical (unpaired) electrons. The summed E-state index contributed by atoms with van der Waals surface area (Å²) < 4.78 is 75.1. The molecule has 0 aliphatic carbocycles. The fourth-order valence-corrected chi connectivity index (χ4v) is 4.21. The number of halogens is 5. The minimum absolute atomic E-state index is 0.164. The average molecular weight is 490 g/mol. The molecule has 3 heterocycles. The fourth-order valence-electron chi connectivity index (χ4n) is 4.21. The molecule has 1 N–H and O–H groups in total. The summed E-state index contributed by atoms with van der Waals surface area (Å²) in [6.07, 6.45) is -3.94. The molecule has 0 amide bonds. The summed E-state index contributed by atoms with van der Waals surface area (Å²) in [4.78, 5) is 6.44. The van der Waals surface area contributed by atoms with Crippen LogP contribution in [0.5, 0.6) is 5.75 Å². The second-order valence-corrected chi connectivity index (χ2v) is 8.19. The quantitative estimate of drug-likeness (QED) is 0.395. The zero-order valence-corrected chi connectivity index (χ0v) is 18.4. The number of morpholine rings is 1. The van der Waals surface area contributed by atoms with Crippen LogP contribution in [0.4, 0.5) is 27.8 Å². The molecular weight excluding hydrogens is 471 g/mol. The normalized spacial score (nSPS) is 16.7. The van der Waals surface area contributed by atoms with Gasteiger partial charge in [0, 0.05) is 18.5 Å². The van der Waals surface area contributed by atoms with Gasteiger partial charge in [0.1, 0.15) is 17.6 Å². The van der Waals surface area contributed by atoms with Crippen molar-refractivity contribution >= 4 is 16.7 Å².